The van der Waals surface area contributed by atoms with Gasteiger partial charge < -0.3 is 10.2 Å². The summed E-state index contributed by atoms with van der Waals surface area (Å²) in [5, 5.41) is 2.75. The van der Waals surface area contributed by atoms with Crippen molar-refractivity contribution >= 4 is 11.7 Å². The quantitative estimate of drug-likeness (QED) is 0.846. The maximum atomic E-state index is 13.1. The number of anilines is 1. The van der Waals surface area contributed by atoms with Crippen molar-refractivity contribution in [3.8, 4) is 0 Å². The van der Waals surface area contributed by atoms with Gasteiger partial charge in [-0.1, -0.05) is 13.0 Å². The molecule has 2 aromatic heterocycles. The summed E-state index contributed by atoms with van der Waals surface area (Å²) in [6, 6.07) is 2.36. The van der Waals surface area contributed by atoms with E-state index in [9.17, 15) is 18.0 Å². The van der Waals surface area contributed by atoms with Gasteiger partial charge in [-0.3, -0.25) is 4.79 Å². The molecule has 1 amide bonds. The Labute approximate surface area is 161 Å². The Bertz CT molecular complexity index is 805. The third kappa shape index (κ3) is 5.17. The first kappa shape index (κ1) is 20.0. The molecule has 3 heterocycles. The van der Waals surface area contributed by atoms with Gasteiger partial charge in [0.25, 0.3) is 0 Å². The van der Waals surface area contributed by atoms with Gasteiger partial charge in [0, 0.05) is 37.6 Å². The van der Waals surface area contributed by atoms with Crippen LogP contribution < -0.4 is 10.2 Å². The van der Waals surface area contributed by atoms with Crippen LogP contribution in [0.1, 0.15) is 36.6 Å². The number of nitrogens with one attached hydrogen (secondary N) is 1. The van der Waals surface area contributed by atoms with Crippen molar-refractivity contribution in [2.45, 2.75) is 38.9 Å². The van der Waals surface area contributed by atoms with Crippen LogP contribution in [0.2, 0.25) is 0 Å². The van der Waals surface area contributed by atoms with Gasteiger partial charge in [0.05, 0.1) is 6.42 Å². The van der Waals surface area contributed by atoms with E-state index < -0.39 is 11.9 Å². The summed E-state index contributed by atoms with van der Waals surface area (Å²) in [5.74, 6) is 0.580. The second-order valence-corrected chi connectivity index (χ2v) is 7.05. The molecule has 0 atom stereocenters. The summed E-state index contributed by atoms with van der Waals surface area (Å²) in [4.78, 5) is 25.6. The summed E-state index contributed by atoms with van der Waals surface area (Å²) in [5.41, 5.74) is 0.314. The number of rotatable bonds is 5. The molecule has 0 radical (unpaired) electrons. The lowest BCUT2D eigenvalue weighted by atomic mass is 9.99. The predicted molar refractivity (Wildman–Crippen MR) is 97.4 cm³/mol. The van der Waals surface area contributed by atoms with Crippen LogP contribution in [0, 0.1) is 5.92 Å². The molecule has 0 aromatic carbocycles. The summed E-state index contributed by atoms with van der Waals surface area (Å²) < 4.78 is 39.4. The van der Waals surface area contributed by atoms with Gasteiger partial charge >= 0.3 is 6.18 Å². The monoisotopic (exact) mass is 393 g/mol. The Morgan fingerprint density at radius 3 is 2.54 bits per heavy atom. The molecule has 1 saturated heterocycles. The number of amides is 1. The van der Waals surface area contributed by atoms with Gasteiger partial charge in [-0.05, 0) is 30.4 Å². The van der Waals surface area contributed by atoms with E-state index in [1.165, 1.54) is 12.4 Å². The SMILES string of the molecule is CC1CCN(c2nc(C(F)(F)F)ccc2CNC(=O)Cc2cncnc2)CC1. The number of piperidine rings is 1. The molecule has 1 aliphatic rings. The van der Waals surface area contributed by atoms with Crippen molar-refractivity contribution in [3.05, 3.63) is 47.7 Å². The minimum atomic E-state index is -4.51. The van der Waals surface area contributed by atoms with Crippen molar-refractivity contribution in [3.63, 3.8) is 0 Å². The van der Waals surface area contributed by atoms with E-state index in [0.717, 1.165) is 18.9 Å². The molecule has 1 aliphatic heterocycles. The fraction of sp³-hybridized carbons (Fsp3) is 0.474. The molecule has 3 rings (SSSR count). The zero-order valence-electron chi connectivity index (χ0n) is 15.5. The number of halogens is 3. The Kier molecular flexibility index (Phi) is 6.11. The molecule has 0 aliphatic carbocycles. The molecule has 9 heteroatoms. The summed E-state index contributed by atoms with van der Waals surface area (Å²) in [6.07, 6.45) is 1.87. The number of pyridine rings is 1. The van der Waals surface area contributed by atoms with E-state index >= 15 is 0 Å². The molecule has 6 nitrogen and oxygen atoms in total. The van der Waals surface area contributed by atoms with Crippen molar-refractivity contribution in [2.24, 2.45) is 5.92 Å². The van der Waals surface area contributed by atoms with Crippen LogP contribution in [0.3, 0.4) is 0 Å². The molecule has 28 heavy (non-hydrogen) atoms. The van der Waals surface area contributed by atoms with Crippen LogP contribution >= 0.6 is 0 Å². The Morgan fingerprint density at radius 1 is 1.21 bits per heavy atom. The molecule has 150 valence electrons. The maximum Gasteiger partial charge on any atom is 0.433 e. The molecule has 0 bridgehead atoms. The Morgan fingerprint density at radius 2 is 1.89 bits per heavy atom. The first-order chi connectivity index (χ1) is 13.3. The van der Waals surface area contributed by atoms with E-state index in [1.807, 2.05) is 4.90 Å². The molecule has 0 saturated carbocycles. The summed E-state index contributed by atoms with van der Waals surface area (Å²) >= 11 is 0. The third-order valence-electron chi connectivity index (χ3n) is 4.78. The summed E-state index contributed by atoms with van der Waals surface area (Å²) in [7, 11) is 0. The average Bonchev–Trinajstić information content (AvgIpc) is 2.67. The van der Waals surface area contributed by atoms with E-state index in [4.69, 9.17) is 0 Å². The standard InChI is InChI=1S/C19H22F3N5O/c1-13-4-6-27(7-5-13)18-15(2-3-16(26-18)19(20,21)22)11-25-17(28)8-14-9-23-12-24-10-14/h2-3,9-10,12-13H,4-8,11H2,1H3,(H,25,28). The van der Waals surface area contributed by atoms with Gasteiger partial charge in [-0.15, -0.1) is 0 Å². The highest BCUT2D eigenvalue weighted by Gasteiger charge is 2.34. The van der Waals surface area contributed by atoms with Crippen molar-refractivity contribution in [1.82, 2.24) is 20.3 Å². The van der Waals surface area contributed by atoms with Crippen LogP contribution in [0.25, 0.3) is 0 Å². The van der Waals surface area contributed by atoms with E-state index in [1.54, 1.807) is 12.4 Å². The zero-order chi connectivity index (χ0) is 20.1. The molecule has 0 unspecified atom stereocenters. The van der Waals surface area contributed by atoms with Gasteiger partial charge in [-0.2, -0.15) is 13.2 Å². The van der Waals surface area contributed by atoms with Crippen LogP contribution in [0.4, 0.5) is 19.0 Å². The fourth-order valence-electron chi connectivity index (χ4n) is 3.13. The largest absolute Gasteiger partial charge is 0.433 e. The molecule has 1 N–H and O–H groups in total. The van der Waals surface area contributed by atoms with Crippen molar-refractivity contribution < 1.29 is 18.0 Å². The lowest BCUT2D eigenvalue weighted by molar-refractivity contribution is -0.141. The maximum absolute atomic E-state index is 13.1. The van der Waals surface area contributed by atoms with Crippen molar-refractivity contribution in [2.75, 3.05) is 18.0 Å². The highest BCUT2D eigenvalue weighted by Crippen LogP contribution is 2.32. The molecular formula is C19H22F3N5O. The van der Waals surface area contributed by atoms with Crippen LogP contribution in [0.5, 0.6) is 0 Å². The number of hydrogen-bond acceptors (Lipinski definition) is 5. The molecular weight excluding hydrogens is 371 g/mol. The van der Waals surface area contributed by atoms with Gasteiger partial charge in [-0.25, -0.2) is 15.0 Å². The third-order valence-corrected chi connectivity index (χ3v) is 4.78. The van der Waals surface area contributed by atoms with Gasteiger partial charge in [0.15, 0.2) is 0 Å². The first-order valence-corrected chi connectivity index (χ1v) is 9.15. The predicted octanol–water partition coefficient (Wildman–Crippen LogP) is 2.99. The van der Waals surface area contributed by atoms with Crippen LogP contribution in [-0.4, -0.2) is 33.9 Å². The van der Waals surface area contributed by atoms with E-state index in [0.29, 0.717) is 36.0 Å². The van der Waals surface area contributed by atoms with E-state index in [2.05, 4.69) is 27.2 Å². The van der Waals surface area contributed by atoms with E-state index in [-0.39, 0.29) is 18.9 Å². The molecule has 2 aromatic rings. The average molecular weight is 393 g/mol. The highest BCUT2D eigenvalue weighted by molar-refractivity contribution is 5.78. The lowest BCUT2D eigenvalue weighted by Gasteiger charge is -2.33. The molecule has 1 fully saturated rings. The Hall–Kier alpha value is -2.71. The fourth-order valence-corrected chi connectivity index (χ4v) is 3.13. The smallest absolute Gasteiger partial charge is 0.356 e. The second-order valence-electron chi connectivity index (χ2n) is 7.05. The minimum absolute atomic E-state index is 0.103. The van der Waals surface area contributed by atoms with Gasteiger partial charge in [0.2, 0.25) is 5.91 Å². The molecule has 0 spiro atoms. The van der Waals surface area contributed by atoms with Gasteiger partial charge in [0.1, 0.15) is 17.8 Å². The lowest BCUT2D eigenvalue weighted by Crippen LogP contribution is -2.35. The number of nitrogens with zero attached hydrogens (tertiary/aromatic N) is 4. The highest BCUT2D eigenvalue weighted by atomic mass is 19.4. The second kappa shape index (κ2) is 8.53. The van der Waals surface area contributed by atoms with Crippen LogP contribution in [-0.2, 0) is 23.9 Å². The van der Waals surface area contributed by atoms with Crippen molar-refractivity contribution in [1.29, 1.82) is 0 Å². The normalized spacial score (nSPS) is 15.5. The number of carbonyl (C=O) groups is 1. The number of hydrogen-bond donors (Lipinski definition) is 1. The Balaban J connectivity index is 1.74. The van der Waals surface area contributed by atoms with Crippen LogP contribution in [0.15, 0.2) is 30.9 Å². The summed E-state index contributed by atoms with van der Waals surface area (Å²) in [6.45, 7) is 3.54. The number of alkyl halides is 3. The topological polar surface area (TPSA) is 71.0 Å². The minimum Gasteiger partial charge on any atom is -0.356 e. The zero-order valence-corrected chi connectivity index (χ0v) is 15.5. The number of aromatic nitrogens is 3. The first-order valence-electron chi connectivity index (χ1n) is 9.15. The number of carbonyl (C=O) groups excluding carboxylic acids is 1.